The summed E-state index contributed by atoms with van der Waals surface area (Å²) >= 11 is 2.70. The quantitative estimate of drug-likeness (QED) is 0.283. The molecule has 1 aromatic carbocycles. The Morgan fingerprint density at radius 2 is 2.03 bits per heavy atom. The minimum atomic E-state index is -0.734. The third-order valence-corrected chi connectivity index (χ3v) is 7.59. The number of H-pyrrole nitrogens is 1. The van der Waals surface area contributed by atoms with Gasteiger partial charge in [-0.3, -0.25) is 4.79 Å². The van der Waals surface area contributed by atoms with Gasteiger partial charge < -0.3 is 29.1 Å². The van der Waals surface area contributed by atoms with Gasteiger partial charge in [-0.15, -0.1) is 10.2 Å². The predicted octanol–water partition coefficient (Wildman–Crippen LogP) is 4.09. The normalized spacial score (nSPS) is 16.0. The first-order valence-electron chi connectivity index (χ1n) is 12.5. The molecule has 0 saturated heterocycles. The summed E-state index contributed by atoms with van der Waals surface area (Å²) in [5, 5.41) is 12.2. The Hall–Kier alpha value is -3.19. The standard InChI is InChI=1S/C26H33N5O6S2/c1-26(2,3)37-24(34)28-18(10-11-38-5)22-29-30-25(36-22)39-14-21(32)31-13-19-16(12-20(31)23(33)35-4)15-8-6-7-9-17(15)27-19/h6-9,18,20,27H,10-14H2,1-5H3,(H,28,34). The molecule has 0 aliphatic carbocycles. The second kappa shape index (κ2) is 12.3. The number of thioether (sulfide) groups is 2. The molecular formula is C26H33N5O6S2. The molecule has 3 aromatic rings. The van der Waals surface area contributed by atoms with Crippen LogP contribution in [0.3, 0.4) is 0 Å². The molecule has 13 heteroatoms. The zero-order valence-electron chi connectivity index (χ0n) is 22.6. The number of alkyl carbamates (subject to hydrolysis) is 1. The van der Waals surface area contributed by atoms with Gasteiger partial charge in [-0.25, -0.2) is 9.59 Å². The maximum Gasteiger partial charge on any atom is 0.408 e. The Morgan fingerprint density at radius 3 is 2.74 bits per heavy atom. The lowest BCUT2D eigenvalue weighted by Gasteiger charge is -2.33. The smallest absolute Gasteiger partial charge is 0.408 e. The van der Waals surface area contributed by atoms with E-state index >= 15 is 0 Å². The van der Waals surface area contributed by atoms with Crippen LogP contribution in [-0.2, 0) is 32.0 Å². The Bertz CT molecular complexity index is 1330. The number of amides is 2. The number of aromatic amines is 1. The number of methoxy groups -OCH3 is 1. The van der Waals surface area contributed by atoms with Crippen LogP contribution in [0.1, 0.15) is 50.4 Å². The van der Waals surface area contributed by atoms with Gasteiger partial charge in [0.05, 0.1) is 19.4 Å². The zero-order chi connectivity index (χ0) is 28.2. The minimum absolute atomic E-state index is 0.0142. The Kier molecular flexibility index (Phi) is 9.11. The summed E-state index contributed by atoms with van der Waals surface area (Å²) in [6.45, 7) is 5.62. The van der Waals surface area contributed by atoms with Crippen LogP contribution in [0.2, 0.25) is 0 Å². The average molecular weight is 576 g/mol. The molecule has 2 unspecified atom stereocenters. The summed E-state index contributed by atoms with van der Waals surface area (Å²) in [6, 6.07) is 6.60. The largest absolute Gasteiger partial charge is 0.467 e. The number of nitrogens with zero attached hydrogens (tertiary/aromatic N) is 3. The van der Waals surface area contributed by atoms with E-state index in [1.807, 2.05) is 30.5 Å². The molecule has 0 saturated carbocycles. The number of para-hydroxylation sites is 1. The predicted molar refractivity (Wildman–Crippen MR) is 148 cm³/mol. The number of hydrogen-bond donors (Lipinski definition) is 2. The van der Waals surface area contributed by atoms with E-state index < -0.39 is 29.7 Å². The lowest BCUT2D eigenvalue weighted by Crippen LogP contribution is -2.49. The number of fused-ring (bicyclic) bond motifs is 3. The molecular weight excluding hydrogens is 542 g/mol. The second-order valence-corrected chi connectivity index (χ2v) is 12.0. The lowest BCUT2D eigenvalue weighted by molar-refractivity contribution is -0.153. The highest BCUT2D eigenvalue weighted by Crippen LogP contribution is 2.32. The van der Waals surface area contributed by atoms with Crippen LogP contribution in [0.5, 0.6) is 0 Å². The summed E-state index contributed by atoms with van der Waals surface area (Å²) < 4.78 is 16.2. The highest BCUT2D eigenvalue weighted by molar-refractivity contribution is 7.99. The highest BCUT2D eigenvalue weighted by atomic mass is 32.2. The maximum atomic E-state index is 13.3. The van der Waals surface area contributed by atoms with Crippen molar-refractivity contribution < 1.29 is 28.3 Å². The van der Waals surface area contributed by atoms with E-state index in [-0.39, 0.29) is 29.3 Å². The first-order valence-corrected chi connectivity index (χ1v) is 14.9. The molecule has 2 atom stereocenters. The van der Waals surface area contributed by atoms with E-state index in [1.165, 1.54) is 12.0 Å². The molecule has 2 amide bonds. The van der Waals surface area contributed by atoms with Gasteiger partial charge >= 0.3 is 12.1 Å². The van der Waals surface area contributed by atoms with Gasteiger partial charge in [0.2, 0.25) is 11.8 Å². The number of aromatic nitrogens is 3. The third-order valence-electron chi connectivity index (χ3n) is 6.14. The van der Waals surface area contributed by atoms with Gasteiger partial charge in [-0.2, -0.15) is 11.8 Å². The van der Waals surface area contributed by atoms with Crippen molar-refractivity contribution in [1.82, 2.24) is 25.4 Å². The van der Waals surface area contributed by atoms with Crippen LogP contribution in [0.15, 0.2) is 33.9 Å². The number of hydrogen-bond acceptors (Lipinski definition) is 10. The van der Waals surface area contributed by atoms with E-state index in [0.717, 1.165) is 39.7 Å². The second-order valence-electron chi connectivity index (χ2n) is 10.1. The Labute approximate surface area is 235 Å². The van der Waals surface area contributed by atoms with Gasteiger partial charge in [-0.05, 0) is 50.8 Å². The summed E-state index contributed by atoms with van der Waals surface area (Å²) in [7, 11) is 1.32. The van der Waals surface area contributed by atoms with Gasteiger partial charge in [0.15, 0.2) is 0 Å². The van der Waals surface area contributed by atoms with E-state index in [2.05, 4.69) is 20.5 Å². The zero-order valence-corrected chi connectivity index (χ0v) is 24.2. The van der Waals surface area contributed by atoms with Crippen molar-refractivity contribution in [2.45, 2.75) is 63.1 Å². The fourth-order valence-electron chi connectivity index (χ4n) is 4.39. The van der Waals surface area contributed by atoms with Crippen LogP contribution >= 0.6 is 23.5 Å². The molecule has 1 aliphatic heterocycles. The number of ether oxygens (including phenoxy) is 2. The maximum absolute atomic E-state index is 13.3. The van der Waals surface area contributed by atoms with Crippen molar-refractivity contribution in [2.75, 3.05) is 24.9 Å². The Morgan fingerprint density at radius 1 is 1.26 bits per heavy atom. The minimum Gasteiger partial charge on any atom is -0.467 e. The van der Waals surface area contributed by atoms with E-state index in [0.29, 0.717) is 12.8 Å². The van der Waals surface area contributed by atoms with Crippen LogP contribution in [0.25, 0.3) is 10.9 Å². The van der Waals surface area contributed by atoms with Crippen molar-refractivity contribution in [1.29, 1.82) is 0 Å². The van der Waals surface area contributed by atoms with Crippen LogP contribution in [-0.4, -0.2) is 74.6 Å². The molecule has 2 N–H and O–H groups in total. The summed E-state index contributed by atoms with van der Waals surface area (Å²) in [4.78, 5) is 43.2. The highest BCUT2D eigenvalue weighted by Gasteiger charge is 2.37. The van der Waals surface area contributed by atoms with Crippen molar-refractivity contribution in [2.24, 2.45) is 0 Å². The van der Waals surface area contributed by atoms with Crippen molar-refractivity contribution >= 4 is 52.4 Å². The average Bonchev–Trinajstić information content (AvgIpc) is 3.51. The van der Waals surface area contributed by atoms with E-state index in [9.17, 15) is 14.4 Å². The van der Waals surface area contributed by atoms with Gasteiger partial charge in [0.25, 0.3) is 5.22 Å². The molecule has 4 rings (SSSR count). The topological polar surface area (TPSA) is 140 Å². The molecule has 0 fully saturated rings. The van der Waals surface area contributed by atoms with E-state index in [4.69, 9.17) is 13.9 Å². The molecule has 0 bridgehead atoms. The van der Waals surface area contributed by atoms with Crippen LogP contribution in [0.4, 0.5) is 4.79 Å². The van der Waals surface area contributed by atoms with Gasteiger partial charge in [0, 0.05) is 23.0 Å². The first-order chi connectivity index (χ1) is 18.6. The van der Waals surface area contributed by atoms with E-state index in [1.54, 1.807) is 32.5 Å². The van der Waals surface area contributed by atoms with Crippen LogP contribution < -0.4 is 5.32 Å². The molecule has 3 heterocycles. The fraction of sp³-hybridized carbons (Fsp3) is 0.500. The first kappa shape index (κ1) is 28.8. The number of benzene rings is 1. The number of carbonyl (C=O) groups excluding carboxylic acids is 3. The molecule has 2 aromatic heterocycles. The number of esters is 1. The van der Waals surface area contributed by atoms with Crippen molar-refractivity contribution in [3.63, 3.8) is 0 Å². The van der Waals surface area contributed by atoms with Crippen molar-refractivity contribution in [3.8, 4) is 0 Å². The lowest BCUT2D eigenvalue weighted by atomic mass is 9.96. The summed E-state index contributed by atoms with van der Waals surface area (Å²) in [5.74, 6) is 0.251. The monoisotopic (exact) mass is 575 g/mol. The van der Waals surface area contributed by atoms with Gasteiger partial charge in [-0.1, -0.05) is 30.0 Å². The molecule has 0 radical (unpaired) electrons. The third kappa shape index (κ3) is 7.07. The fourth-order valence-corrected chi connectivity index (χ4v) is 5.51. The number of rotatable bonds is 9. The molecule has 1 aliphatic rings. The number of nitrogens with one attached hydrogen (secondary N) is 2. The Balaban J connectivity index is 1.44. The SMILES string of the molecule is COC(=O)C1Cc2c([nH]c3ccccc23)CN1C(=O)CSc1nnc(C(CCSC)NC(=O)OC(C)(C)C)o1. The molecule has 39 heavy (non-hydrogen) atoms. The summed E-state index contributed by atoms with van der Waals surface area (Å²) in [6.07, 6.45) is 2.31. The van der Waals surface area contributed by atoms with Crippen molar-refractivity contribution in [3.05, 3.63) is 41.4 Å². The number of carbonyl (C=O) groups is 3. The van der Waals surface area contributed by atoms with Gasteiger partial charge in [0.1, 0.15) is 17.7 Å². The molecule has 11 nitrogen and oxygen atoms in total. The molecule has 210 valence electrons. The summed E-state index contributed by atoms with van der Waals surface area (Å²) in [5.41, 5.74) is 2.24. The van der Waals surface area contributed by atoms with Crippen LogP contribution in [0, 0.1) is 0 Å². The molecule has 0 spiro atoms.